The highest BCUT2D eigenvalue weighted by Crippen LogP contribution is 2.41. The largest absolute Gasteiger partial charge is 0.323 e. The number of aryl methyl sites for hydroxylation is 2. The van der Waals surface area contributed by atoms with E-state index in [2.05, 4.69) is 11.4 Å². The third-order valence-electron chi connectivity index (χ3n) is 4.11. The fraction of sp³-hybridized carbons (Fsp3) is 0.375. The smallest absolute Gasteiger partial charge is 0.126 e. The van der Waals surface area contributed by atoms with Gasteiger partial charge in [-0.25, -0.2) is 4.39 Å². The van der Waals surface area contributed by atoms with Crippen molar-refractivity contribution in [2.24, 2.45) is 5.73 Å². The van der Waals surface area contributed by atoms with Gasteiger partial charge in [0.05, 0.1) is 0 Å². The number of halogens is 1. The summed E-state index contributed by atoms with van der Waals surface area (Å²) in [6, 6.07) is 7.46. The van der Waals surface area contributed by atoms with Crippen LogP contribution in [-0.4, -0.2) is 0 Å². The van der Waals surface area contributed by atoms with Crippen LogP contribution in [0, 0.1) is 12.7 Å². The molecule has 0 amide bonds. The third kappa shape index (κ3) is 2.33. The highest BCUT2D eigenvalue weighted by Gasteiger charge is 2.27. The van der Waals surface area contributed by atoms with Gasteiger partial charge in [0.2, 0.25) is 0 Å². The molecule has 2 unspecified atom stereocenters. The maximum Gasteiger partial charge on any atom is 0.126 e. The highest BCUT2D eigenvalue weighted by molar-refractivity contribution is 7.10. The first kappa shape index (κ1) is 12.8. The number of thiophene rings is 1. The van der Waals surface area contributed by atoms with Gasteiger partial charge < -0.3 is 5.73 Å². The Kier molecular flexibility index (Phi) is 3.42. The van der Waals surface area contributed by atoms with Crippen molar-refractivity contribution in [3.05, 3.63) is 57.0 Å². The molecule has 1 aromatic heterocycles. The van der Waals surface area contributed by atoms with Crippen molar-refractivity contribution in [2.75, 3.05) is 0 Å². The van der Waals surface area contributed by atoms with Crippen LogP contribution < -0.4 is 5.73 Å². The molecule has 1 aromatic carbocycles. The summed E-state index contributed by atoms with van der Waals surface area (Å²) < 4.78 is 13.7. The van der Waals surface area contributed by atoms with E-state index in [-0.39, 0.29) is 11.9 Å². The molecule has 2 aromatic rings. The summed E-state index contributed by atoms with van der Waals surface area (Å²) in [5.41, 5.74) is 9.37. The lowest BCUT2D eigenvalue weighted by Crippen LogP contribution is -2.22. The molecule has 0 radical (unpaired) electrons. The van der Waals surface area contributed by atoms with Gasteiger partial charge in [-0.3, -0.25) is 0 Å². The summed E-state index contributed by atoms with van der Waals surface area (Å²) in [6.45, 7) is 1.78. The van der Waals surface area contributed by atoms with E-state index in [1.165, 1.54) is 23.3 Å². The number of hydrogen-bond acceptors (Lipinski definition) is 2. The Bertz CT molecular complexity index is 590. The van der Waals surface area contributed by atoms with Crippen molar-refractivity contribution in [1.29, 1.82) is 0 Å². The quantitative estimate of drug-likeness (QED) is 0.868. The first-order valence-electron chi connectivity index (χ1n) is 6.74. The van der Waals surface area contributed by atoms with Crippen LogP contribution in [0.2, 0.25) is 0 Å². The normalized spacial score (nSPS) is 20.1. The molecule has 3 heteroatoms. The maximum absolute atomic E-state index is 13.7. The molecule has 0 fully saturated rings. The van der Waals surface area contributed by atoms with Gasteiger partial charge in [-0.15, -0.1) is 11.3 Å². The van der Waals surface area contributed by atoms with Crippen LogP contribution in [0.4, 0.5) is 4.39 Å². The molecule has 0 bridgehead atoms. The van der Waals surface area contributed by atoms with E-state index in [9.17, 15) is 4.39 Å². The molecule has 100 valence electrons. The van der Waals surface area contributed by atoms with Gasteiger partial charge in [-0.2, -0.15) is 0 Å². The molecule has 1 nitrogen and oxygen atoms in total. The van der Waals surface area contributed by atoms with Gasteiger partial charge in [0.15, 0.2) is 0 Å². The molecule has 0 aliphatic heterocycles. The number of fused-ring (bicyclic) bond motifs is 1. The lowest BCUT2D eigenvalue weighted by atomic mass is 9.80. The van der Waals surface area contributed by atoms with Gasteiger partial charge in [0, 0.05) is 16.8 Å². The zero-order chi connectivity index (χ0) is 13.4. The van der Waals surface area contributed by atoms with Gasteiger partial charge >= 0.3 is 0 Å². The number of hydrogen-bond donors (Lipinski definition) is 1. The van der Waals surface area contributed by atoms with Crippen molar-refractivity contribution in [3.63, 3.8) is 0 Å². The average molecular weight is 275 g/mol. The van der Waals surface area contributed by atoms with Crippen molar-refractivity contribution >= 4 is 11.3 Å². The molecule has 2 N–H and O–H groups in total. The molecule has 0 saturated carbocycles. The Morgan fingerprint density at radius 3 is 3.00 bits per heavy atom. The SMILES string of the molecule is Cc1ccc(C(N)C2CCCc3sccc32)cc1F. The minimum absolute atomic E-state index is 0.108. The number of rotatable bonds is 2. The van der Waals surface area contributed by atoms with Crippen LogP contribution in [0.15, 0.2) is 29.6 Å². The zero-order valence-corrected chi connectivity index (χ0v) is 11.8. The predicted molar refractivity (Wildman–Crippen MR) is 78.1 cm³/mol. The molecular weight excluding hydrogens is 257 g/mol. The van der Waals surface area contributed by atoms with E-state index in [1.54, 1.807) is 13.0 Å². The second-order valence-corrected chi connectivity index (χ2v) is 6.33. The van der Waals surface area contributed by atoms with Crippen LogP contribution in [0.1, 0.15) is 46.4 Å². The van der Waals surface area contributed by atoms with Crippen molar-refractivity contribution in [3.8, 4) is 0 Å². The molecule has 1 aliphatic rings. The zero-order valence-electron chi connectivity index (χ0n) is 11.0. The molecule has 0 spiro atoms. The molecular formula is C16H18FNS. The second-order valence-electron chi connectivity index (χ2n) is 5.33. The summed E-state index contributed by atoms with van der Waals surface area (Å²) >= 11 is 1.82. The standard InChI is InChI=1S/C16H18FNS/c1-10-5-6-11(9-14(10)17)16(18)13-3-2-4-15-12(13)7-8-19-15/h5-9,13,16H,2-4,18H2,1H3. The first-order chi connectivity index (χ1) is 9.16. The summed E-state index contributed by atoms with van der Waals surface area (Å²) in [4.78, 5) is 1.46. The van der Waals surface area contributed by atoms with Gasteiger partial charge in [0.25, 0.3) is 0 Å². The Morgan fingerprint density at radius 2 is 2.21 bits per heavy atom. The monoisotopic (exact) mass is 275 g/mol. The van der Waals surface area contributed by atoms with Crippen LogP contribution >= 0.6 is 11.3 Å². The van der Waals surface area contributed by atoms with Gasteiger partial charge in [-0.05, 0) is 60.4 Å². The summed E-state index contributed by atoms with van der Waals surface area (Å²) in [6.07, 6.45) is 3.44. The molecule has 1 aliphatic carbocycles. The van der Waals surface area contributed by atoms with Crippen molar-refractivity contribution in [1.82, 2.24) is 0 Å². The first-order valence-corrected chi connectivity index (χ1v) is 7.62. The Balaban J connectivity index is 1.93. The van der Waals surface area contributed by atoms with Crippen LogP contribution in [0.25, 0.3) is 0 Å². The number of nitrogens with two attached hydrogens (primary N) is 1. The van der Waals surface area contributed by atoms with E-state index >= 15 is 0 Å². The minimum Gasteiger partial charge on any atom is -0.323 e. The molecule has 19 heavy (non-hydrogen) atoms. The topological polar surface area (TPSA) is 26.0 Å². The Hall–Kier alpha value is -1.19. The van der Waals surface area contributed by atoms with E-state index in [0.717, 1.165) is 12.0 Å². The van der Waals surface area contributed by atoms with Crippen LogP contribution in [0.3, 0.4) is 0 Å². The lowest BCUT2D eigenvalue weighted by molar-refractivity contribution is 0.476. The number of benzene rings is 1. The van der Waals surface area contributed by atoms with E-state index < -0.39 is 0 Å². The predicted octanol–water partition coefficient (Wildman–Crippen LogP) is 4.32. The summed E-state index contributed by atoms with van der Waals surface area (Å²) in [7, 11) is 0. The maximum atomic E-state index is 13.7. The minimum atomic E-state index is -0.158. The van der Waals surface area contributed by atoms with Gasteiger partial charge in [-0.1, -0.05) is 12.1 Å². The highest BCUT2D eigenvalue weighted by atomic mass is 32.1. The van der Waals surface area contributed by atoms with E-state index in [4.69, 9.17) is 5.73 Å². The van der Waals surface area contributed by atoms with Gasteiger partial charge in [0.1, 0.15) is 5.82 Å². The lowest BCUT2D eigenvalue weighted by Gasteiger charge is -2.28. The molecule has 3 rings (SSSR count). The van der Waals surface area contributed by atoms with E-state index in [0.29, 0.717) is 11.5 Å². The molecule has 0 saturated heterocycles. The van der Waals surface area contributed by atoms with Crippen LogP contribution in [-0.2, 0) is 6.42 Å². The fourth-order valence-corrected chi connectivity index (χ4v) is 3.94. The summed E-state index contributed by atoms with van der Waals surface area (Å²) in [5, 5.41) is 2.14. The molecule has 1 heterocycles. The van der Waals surface area contributed by atoms with Crippen molar-refractivity contribution < 1.29 is 4.39 Å². The Labute approximate surface area is 117 Å². The van der Waals surface area contributed by atoms with Crippen molar-refractivity contribution in [2.45, 2.75) is 38.1 Å². The van der Waals surface area contributed by atoms with Crippen LogP contribution in [0.5, 0.6) is 0 Å². The molecule has 2 atom stereocenters. The second kappa shape index (κ2) is 5.06. The summed E-state index contributed by atoms with van der Waals surface area (Å²) in [5.74, 6) is 0.173. The van der Waals surface area contributed by atoms with E-state index in [1.807, 2.05) is 23.5 Å². The fourth-order valence-electron chi connectivity index (χ4n) is 2.94. The Morgan fingerprint density at radius 1 is 1.37 bits per heavy atom. The third-order valence-corrected chi connectivity index (χ3v) is 5.11. The average Bonchev–Trinajstić information content (AvgIpc) is 2.89.